The zero-order valence-corrected chi connectivity index (χ0v) is 27.3. The van der Waals surface area contributed by atoms with Crippen LogP contribution in [0.2, 0.25) is 0 Å². The van der Waals surface area contributed by atoms with E-state index in [0.29, 0.717) is 44.0 Å². The lowest BCUT2D eigenvalue weighted by molar-refractivity contribution is -0.384. The number of azo groups is 2. The summed E-state index contributed by atoms with van der Waals surface area (Å²) in [5.74, 6) is 2.11. The Morgan fingerprint density at radius 1 is 0.822 bits per heavy atom. The molecule has 0 aromatic heterocycles. The first-order chi connectivity index (χ1) is 21.7. The second kappa shape index (κ2) is 14.7. The standard InChI is InChI=1S/C33H35N6O4S2/c1-39(2,20-24-7-5-6-23(16-24)17-29-21-44-22-45-29)28-14-10-26(11-15-28)35-37-31-19-32(42-3)30(18-33(31)43-4)36-34-25-8-12-27(13-9-25)38(40)41/h5-16,18-19,29H,17,20-22H2,1-4H3/q+1. The van der Waals surface area contributed by atoms with E-state index in [1.54, 1.807) is 12.1 Å². The molecule has 5 rings (SSSR count). The molecule has 0 amide bonds. The van der Waals surface area contributed by atoms with Crippen molar-refractivity contribution in [2.24, 2.45) is 20.5 Å². The van der Waals surface area contributed by atoms with Crippen LogP contribution in [-0.2, 0) is 13.0 Å². The molecule has 1 aliphatic heterocycles. The molecule has 1 fully saturated rings. The van der Waals surface area contributed by atoms with Gasteiger partial charge >= 0.3 is 0 Å². The molecule has 0 aliphatic carbocycles. The van der Waals surface area contributed by atoms with Gasteiger partial charge in [0.15, 0.2) is 0 Å². The van der Waals surface area contributed by atoms with Gasteiger partial charge in [-0.2, -0.15) is 10.2 Å². The maximum atomic E-state index is 10.9. The maximum absolute atomic E-state index is 10.9. The first kappa shape index (κ1) is 32.1. The van der Waals surface area contributed by atoms with Gasteiger partial charge in [0.2, 0.25) is 0 Å². The van der Waals surface area contributed by atoms with Crippen molar-refractivity contribution in [2.45, 2.75) is 18.2 Å². The second-order valence-corrected chi connectivity index (χ2v) is 13.7. The normalized spacial score (nSPS) is 15.2. The lowest BCUT2D eigenvalue weighted by Gasteiger charge is -2.29. The summed E-state index contributed by atoms with van der Waals surface area (Å²) in [5, 5.41) is 30.1. The van der Waals surface area contributed by atoms with Gasteiger partial charge in [-0.3, -0.25) is 14.6 Å². The molecule has 0 bridgehead atoms. The second-order valence-electron chi connectivity index (χ2n) is 11.0. The van der Waals surface area contributed by atoms with Crippen molar-refractivity contribution >= 4 is 57.6 Å². The van der Waals surface area contributed by atoms with Gasteiger partial charge in [-0.1, -0.05) is 24.3 Å². The molecule has 0 radical (unpaired) electrons. The van der Waals surface area contributed by atoms with Gasteiger partial charge < -0.3 is 9.47 Å². The summed E-state index contributed by atoms with van der Waals surface area (Å²) in [5.41, 5.74) is 5.94. The van der Waals surface area contributed by atoms with E-state index in [4.69, 9.17) is 9.47 Å². The van der Waals surface area contributed by atoms with Gasteiger partial charge in [-0.15, -0.1) is 33.8 Å². The Balaban J connectivity index is 1.27. The van der Waals surface area contributed by atoms with E-state index in [0.717, 1.165) is 13.0 Å². The predicted molar refractivity (Wildman–Crippen MR) is 184 cm³/mol. The molecule has 0 N–H and O–H groups in total. The quantitative estimate of drug-likeness (QED) is 0.0658. The lowest BCUT2D eigenvalue weighted by atomic mass is 10.1. The average Bonchev–Trinajstić information content (AvgIpc) is 3.56. The Morgan fingerprint density at radius 3 is 1.93 bits per heavy atom. The largest absolute Gasteiger partial charge is 0.494 e. The van der Waals surface area contributed by atoms with Crippen LogP contribution in [0.3, 0.4) is 0 Å². The third kappa shape index (κ3) is 8.47. The van der Waals surface area contributed by atoms with E-state index < -0.39 is 4.92 Å². The minimum Gasteiger partial charge on any atom is -0.494 e. The Morgan fingerprint density at radius 2 is 1.40 bits per heavy atom. The number of nitrogens with zero attached hydrogens (tertiary/aromatic N) is 6. The van der Waals surface area contributed by atoms with Gasteiger partial charge in [0.25, 0.3) is 5.69 Å². The number of benzene rings is 4. The number of nitro groups is 1. The Bertz CT molecular complexity index is 1690. The summed E-state index contributed by atoms with van der Waals surface area (Å²) in [6.07, 6.45) is 1.13. The van der Waals surface area contributed by atoms with Gasteiger partial charge in [0.1, 0.15) is 35.1 Å². The molecule has 45 heavy (non-hydrogen) atoms. The van der Waals surface area contributed by atoms with Crippen molar-refractivity contribution in [1.29, 1.82) is 0 Å². The maximum Gasteiger partial charge on any atom is 0.269 e. The number of hydrogen-bond donors (Lipinski definition) is 0. The van der Waals surface area contributed by atoms with Crippen LogP contribution >= 0.6 is 23.5 Å². The molecule has 1 aliphatic rings. The van der Waals surface area contributed by atoms with Crippen LogP contribution in [0.15, 0.2) is 105 Å². The van der Waals surface area contributed by atoms with Crippen LogP contribution < -0.4 is 14.0 Å². The minimum atomic E-state index is -0.465. The zero-order valence-electron chi connectivity index (χ0n) is 25.6. The fourth-order valence-electron chi connectivity index (χ4n) is 4.96. The van der Waals surface area contributed by atoms with Crippen LogP contribution in [-0.4, -0.2) is 49.3 Å². The Hall–Kier alpha value is -4.26. The minimum absolute atomic E-state index is 0.0191. The number of non-ortho nitro benzene ring substituents is 1. The summed E-state index contributed by atoms with van der Waals surface area (Å²) < 4.78 is 11.8. The van der Waals surface area contributed by atoms with Crippen LogP contribution in [0.1, 0.15) is 11.1 Å². The number of rotatable bonds is 12. The number of nitro benzene ring substituents is 1. The summed E-state index contributed by atoms with van der Waals surface area (Å²) >= 11 is 4.10. The molecule has 1 unspecified atom stereocenters. The van der Waals surface area contributed by atoms with Crippen molar-refractivity contribution in [1.82, 2.24) is 4.48 Å². The van der Waals surface area contributed by atoms with Crippen molar-refractivity contribution in [3.8, 4) is 11.5 Å². The highest BCUT2D eigenvalue weighted by atomic mass is 32.2. The summed E-state index contributed by atoms with van der Waals surface area (Å²) in [6.45, 7) is 0.881. The predicted octanol–water partition coefficient (Wildman–Crippen LogP) is 9.56. The van der Waals surface area contributed by atoms with Crippen molar-refractivity contribution in [3.63, 3.8) is 0 Å². The smallest absolute Gasteiger partial charge is 0.269 e. The number of quaternary nitrogens is 1. The first-order valence-corrected chi connectivity index (χ1v) is 16.5. The molecule has 232 valence electrons. The van der Waals surface area contributed by atoms with Crippen LogP contribution in [0.25, 0.3) is 0 Å². The summed E-state index contributed by atoms with van der Waals surface area (Å²) in [4.78, 5) is 10.4. The van der Waals surface area contributed by atoms with Crippen molar-refractivity contribution in [3.05, 3.63) is 106 Å². The fraction of sp³-hybridized carbons (Fsp3) is 0.273. The molecule has 1 saturated heterocycles. The molecule has 10 nitrogen and oxygen atoms in total. The fourth-order valence-corrected chi connectivity index (χ4v) is 7.87. The average molecular weight is 644 g/mol. The molecule has 1 heterocycles. The van der Waals surface area contributed by atoms with Gasteiger partial charge in [-0.05, 0) is 36.2 Å². The van der Waals surface area contributed by atoms with Gasteiger partial charge in [-0.25, -0.2) is 0 Å². The number of ether oxygens (including phenoxy) is 2. The van der Waals surface area contributed by atoms with E-state index >= 15 is 0 Å². The molecule has 0 spiro atoms. The van der Waals surface area contributed by atoms with E-state index in [1.807, 2.05) is 23.9 Å². The van der Waals surface area contributed by atoms with E-state index in [2.05, 4.69) is 82.7 Å². The molecule has 4 aromatic carbocycles. The van der Waals surface area contributed by atoms with Crippen LogP contribution in [0.4, 0.5) is 34.1 Å². The topological polar surface area (TPSA) is 111 Å². The van der Waals surface area contributed by atoms with E-state index in [-0.39, 0.29) is 5.69 Å². The van der Waals surface area contributed by atoms with E-state index in [1.165, 1.54) is 66.1 Å². The lowest BCUT2D eigenvalue weighted by Crippen LogP contribution is -2.39. The molecule has 1 atom stereocenters. The van der Waals surface area contributed by atoms with Gasteiger partial charge in [0, 0.05) is 58.0 Å². The Labute approximate surface area is 271 Å². The van der Waals surface area contributed by atoms with E-state index in [9.17, 15) is 10.1 Å². The first-order valence-electron chi connectivity index (χ1n) is 14.3. The molecular formula is C33H35N6O4S2+. The third-order valence-corrected chi connectivity index (χ3v) is 10.2. The monoisotopic (exact) mass is 643 g/mol. The highest BCUT2D eigenvalue weighted by Crippen LogP contribution is 2.41. The highest BCUT2D eigenvalue weighted by molar-refractivity contribution is 8.19. The molecular weight excluding hydrogens is 609 g/mol. The SMILES string of the molecule is COc1cc(N=Nc2ccc([N+](C)(C)Cc3cccc(CC4CSCS4)c3)cc2)c(OC)cc1N=Nc1ccc([N+](=O)[O-])cc1. The molecule has 0 saturated carbocycles. The summed E-state index contributed by atoms with van der Waals surface area (Å²) in [6, 6.07) is 26.2. The van der Waals surface area contributed by atoms with Crippen molar-refractivity contribution < 1.29 is 14.4 Å². The Kier molecular flexibility index (Phi) is 10.5. The van der Waals surface area contributed by atoms with Gasteiger partial charge in [0.05, 0.1) is 44.6 Å². The number of hydrogen-bond acceptors (Lipinski definition) is 10. The van der Waals surface area contributed by atoms with Crippen molar-refractivity contribution in [2.75, 3.05) is 39.2 Å². The number of methoxy groups -OCH3 is 2. The van der Waals surface area contributed by atoms with Crippen LogP contribution in [0, 0.1) is 10.1 Å². The molecule has 12 heteroatoms. The highest BCUT2D eigenvalue weighted by Gasteiger charge is 2.21. The molecule has 4 aromatic rings. The number of thioether (sulfide) groups is 2. The van der Waals surface area contributed by atoms with Crippen LogP contribution in [0.5, 0.6) is 11.5 Å². The zero-order chi connectivity index (χ0) is 31.8. The summed E-state index contributed by atoms with van der Waals surface area (Å²) in [7, 11) is 7.49. The third-order valence-electron chi connectivity index (χ3n) is 7.36.